The molecule has 2 atom stereocenters. The van der Waals surface area contributed by atoms with Crippen molar-refractivity contribution in [2.75, 3.05) is 31.6 Å². The number of ether oxygens (including phenoxy) is 2. The van der Waals surface area contributed by atoms with Gasteiger partial charge in [0.1, 0.15) is 17.6 Å². The average molecular weight is 387 g/mol. The van der Waals surface area contributed by atoms with Gasteiger partial charge in [-0.2, -0.15) is 0 Å². The zero-order chi connectivity index (χ0) is 19.0. The summed E-state index contributed by atoms with van der Waals surface area (Å²) in [6.45, 7) is 4.98. The number of rotatable bonds is 3. The van der Waals surface area contributed by atoms with Gasteiger partial charge in [-0.05, 0) is 42.8 Å². The third-order valence-electron chi connectivity index (χ3n) is 5.19. The number of hydrogen-bond donors (Lipinski definition) is 1. The monoisotopic (exact) mass is 386 g/mol. The van der Waals surface area contributed by atoms with Crippen LogP contribution in [0.4, 0.5) is 5.69 Å². The smallest absolute Gasteiger partial charge is 0.170 e. The van der Waals surface area contributed by atoms with E-state index in [9.17, 15) is 4.79 Å². The lowest BCUT2D eigenvalue weighted by atomic mass is 9.95. The number of fused-ring (bicyclic) bond motifs is 1. The first-order valence-corrected chi connectivity index (χ1v) is 9.58. The van der Waals surface area contributed by atoms with Crippen LogP contribution in [-0.4, -0.2) is 38.6 Å². The molecule has 2 aliphatic rings. The second-order valence-corrected chi connectivity index (χ2v) is 7.52. The van der Waals surface area contributed by atoms with Crippen LogP contribution >= 0.6 is 11.6 Å². The number of piperazine rings is 1. The molecule has 1 fully saturated rings. The van der Waals surface area contributed by atoms with Gasteiger partial charge in [0.15, 0.2) is 5.78 Å². The second-order valence-electron chi connectivity index (χ2n) is 7.11. The largest absolute Gasteiger partial charge is 0.495 e. The van der Waals surface area contributed by atoms with Crippen LogP contribution < -0.4 is 19.7 Å². The summed E-state index contributed by atoms with van der Waals surface area (Å²) in [4.78, 5) is 15.1. The molecule has 1 unspecified atom stereocenters. The Bertz CT molecular complexity index is 871. The van der Waals surface area contributed by atoms with Crippen molar-refractivity contribution in [1.82, 2.24) is 5.32 Å². The van der Waals surface area contributed by atoms with Crippen LogP contribution in [0.5, 0.6) is 11.5 Å². The lowest BCUT2D eigenvalue weighted by Gasteiger charge is -2.34. The van der Waals surface area contributed by atoms with Crippen LogP contribution in [-0.2, 0) is 0 Å². The Morgan fingerprint density at radius 1 is 1.26 bits per heavy atom. The van der Waals surface area contributed by atoms with E-state index >= 15 is 0 Å². The van der Waals surface area contributed by atoms with Gasteiger partial charge in [-0.3, -0.25) is 4.79 Å². The van der Waals surface area contributed by atoms with Crippen molar-refractivity contribution >= 4 is 23.1 Å². The average Bonchev–Trinajstić information content (AvgIpc) is 2.67. The Morgan fingerprint density at radius 3 is 2.85 bits per heavy atom. The predicted octanol–water partition coefficient (Wildman–Crippen LogP) is 3.85. The van der Waals surface area contributed by atoms with E-state index in [-0.39, 0.29) is 11.9 Å². The Hall–Kier alpha value is -2.24. The van der Waals surface area contributed by atoms with Gasteiger partial charge in [-0.25, -0.2) is 0 Å². The molecule has 0 aromatic heterocycles. The third kappa shape index (κ3) is 3.62. The van der Waals surface area contributed by atoms with Crippen molar-refractivity contribution in [1.29, 1.82) is 0 Å². The topological polar surface area (TPSA) is 50.8 Å². The maximum absolute atomic E-state index is 12.8. The quantitative estimate of drug-likeness (QED) is 0.868. The molecule has 0 radical (unpaired) electrons. The molecule has 1 saturated heterocycles. The van der Waals surface area contributed by atoms with Gasteiger partial charge >= 0.3 is 0 Å². The molecule has 0 spiro atoms. The first-order chi connectivity index (χ1) is 13.0. The molecule has 0 amide bonds. The standard InChI is InChI=1S/C21H23ClN2O3/c1-13-12-24(8-7-23-13)15-4-6-19-16(10-15)18(25)11-21(27-19)14-3-5-20(26-2)17(22)9-14/h3-6,9-10,13,21,23H,7-8,11-12H2,1-2H3/t13-,21?/m0/s1. The van der Waals surface area contributed by atoms with Crippen LogP contribution in [0.25, 0.3) is 0 Å². The summed E-state index contributed by atoms with van der Waals surface area (Å²) in [6.07, 6.45) is -0.0321. The SMILES string of the molecule is COc1ccc(C2CC(=O)c3cc(N4CCN[C@@H](C)C4)ccc3O2)cc1Cl. The fourth-order valence-electron chi connectivity index (χ4n) is 3.74. The highest BCUT2D eigenvalue weighted by atomic mass is 35.5. The summed E-state index contributed by atoms with van der Waals surface area (Å²) >= 11 is 6.23. The van der Waals surface area contributed by atoms with Crippen LogP contribution in [0, 0.1) is 0 Å². The highest BCUT2D eigenvalue weighted by Crippen LogP contribution is 2.38. The van der Waals surface area contributed by atoms with E-state index in [1.165, 1.54) is 0 Å². The molecule has 5 nitrogen and oxygen atoms in total. The van der Waals surface area contributed by atoms with Gasteiger partial charge in [0, 0.05) is 31.4 Å². The summed E-state index contributed by atoms with van der Waals surface area (Å²) in [5, 5.41) is 3.95. The van der Waals surface area contributed by atoms with E-state index < -0.39 is 0 Å². The van der Waals surface area contributed by atoms with Gasteiger partial charge in [0.2, 0.25) is 0 Å². The molecular weight excluding hydrogens is 364 g/mol. The van der Waals surface area contributed by atoms with E-state index in [2.05, 4.69) is 17.1 Å². The van der Waals surface area contributed by atoms with Crippen molar-refractivity contribution in [2.45, 2.75) is 25.5 Å². The molecule has 2 aromatic rings. The van der Waals surface area contributed by atoms with E-state index in [0.717, 1.165) is 30.9 Å². The van der Waals surface area contributed by atoms with E-state index in [1.807, 2.05) is 24.3 Å². The van der Waals surface area contributed by atoms with E-state index in [1.54, 1.807) is 19.2 Å². The first kappa shape index (κ1) is 18.1. The normalized spacial score (nSPS) is 22.2. The Balaban J connectivity index is 1.58. The zero-order valence-corrected chi connectivity index (χ0v) is 16.3. The number of Topliss-reactive ketones (excluding diaryl/α,β-unsaturated/α-hetero) is 1. The van der Waals surface area contributed by atoms with Crippen molar-refractivity contribution in [3.05, 3.63) is 52.5 Å². The van der Waals surface area contributed by atoms with E-state index in [4.69, 9.17) is 21.1 Å². The minimum absolute atomic E-state index is 0.0956. The number of anilines is 1. The summed E-state index contributed by atoms with van der Waals surface area (Å²) in [6, 6.07) is 11.8. The van der Waals surface area contributed by atoms with Crippen LogP contribution in [0.2, 0.25) is 5.02 Å². The number of carbonyl (C=O) groups is 1. The summed E-state index contributed by atoms with van der Waals surface area (Å²) in [5.74, 6) is 1.34. The molecule has 0 aliphatic carbocycles. The fourth-order valence-corrected chi connectivity index (χ4v) is 4.01. The molecule has 142 valence electrons. The van der Waals surface area contributed by atoms with Crippen molar-refractivity contribution in [3.8, 4) is 11.5 Å². The molecule has 6 heteroatoms. The molecule has 2 heterocycles. The van der Waals surface area contributed by atoms with Gasteiger partial charge in [0.25, 0.3) is 0 Å². The molecule has 1 N–H and O–H groups in total. The summed E-state index contributed by atoms with van der Waals surface area (Å²) < 4.78 is 11.3. The van der Waals surface area contributed by atoms with Gasteiger partial charge < -0.3 is 19.7 Å². The summed E-state index contributed by atoms with van der Waals surface area (Å²) in [7, 11) is 1.58. The molecule has 0 saturated carbocycles. The van der Waals surface area contributed by atoms with Crippen LogP contribution in [0.15, 0.2) is 36.4 Å². The predicted molar refractivity (Wildman–Crippen MR) is 106 cm³/mol. The molecule has 4 rings (SSSR count). The van der Waals surface area contributed by atoms with Crippen LogP contribution in [0.1, 0.15) is 35.4 Å². The fraction of sp³-hybridized carbons (Fsp3) is 0.381. The van der Waals surface area contributed by atoms with Gasteiger partial charge in [-0.15, -0.1) is 0 Å². The molecule has 2 aliphatic heterocycles. The molecular formula is C21H23ClN2O3. The molecule has 27 heavy (non-hydrogen) atoms. The summed E-state index contributed by atoms with van der Waals surface area (Å²) in [5.41, 5.74) is 2.61. The Labute approximate surface area is 164 Å². The lowest BCUT2D eigenvalue weighted by Crippen LogP contribution is -2.49. The molecule has 2 aromatic carbocycles. The maximum Gasteiger partial charge on any atom is 0.170 e. The lowest BCUT2D eigenvalue weighted by molar-refractivity contribution is 0.0850. The number of hydrogen-bond acceptors (Lipinski definition) is 5. The number of methoxy groups -OCH3 is 1. The Morgan fingerprint density at radius 2 is 2.11 bits per heavy atom. The zero-order valence-electron chi connectivity index (χ0n) is 15.5. The minimum atomic E-state index is -0.335. The van der Waals surface area contributed by atoms with Crippen molar-refractivity contribution in [3.63, 3.8) is 0 Å². The maximum atomic E-state index is 12.8. The number of ketones is 1. The Kier molecular flexibility index (Phi) is 4.98. The number of carbonyl (C=O) groups excluding carboxylic acids is 1. The highest BCUT2D eigenvalue weighted by Gasteiger charge is 2.29. The van der Waals surface area contributed by atoms with Gasteiger partial charge in [0.05, 0.1) is 24.1 Å². The van der Waals surface area contributed by atoms with Gasteiger partial charge in [-0.1, -0.05) is 17.7 Å². The number of benzene rings is 2. The van der Waals surface area contributed by atoms with E-state index in [0.29, 0.717) is 34.5 Å². The number of nitrogens with zero attached hydrogens (tertiary/aromatic N) is 1. The van der Waals surface area contributed by atoms with Crippen molar-refractivity contribution < 1.29 is 14.3 Å². The third-order valence-corrected chi connectivity index (χ3v) is 5.48. The highest BCUT2D eigenvalue weighted by molar-refractivity contribution is 6.32. The second kappa shape index (κ2) is 7.41. The van der Waals surface area contributed by atoms with Crippen molar-refractivity contribution in [2.24, 2.45) is 0 Å². The minimum Gasteiger partial charge on any atom is -0.495 e. The number of nitrogens with one attached hydrogen (secondary N) is 1. The van der Waals surface area contributed by atoms with Crippen LogP contribution in [0.3, 0.4) is 0 Å². The molecule has 0 bridgehead atoms. The number of halogens is 1. The first-order valence-electron chi connectivity index (χ1n) is 9.21.